The minimum atomic E-state index is -0.849. The average molecular weight is 434 g/mol. The van der Waals surface area contributed by atoms with E-state index in [1.165, 1.54) is 0 Å². The number of unbranched alkanes of at least 4 members (excludes halogenated alkanes) is 1. The van der Waals surface area contributed by atoms with E-state index in [1.54, 1.807) is 32.6 Å². The molecule has 0 saturated heterocycles. The van der Waals surface area contributed by atoms with Crippen molar-refractivity contribution in [3.05, 3.63) is 35.9 Å². The van der Waals surface area contributed by atoms with Crippen LogP contribution in [0.2, 0.25) is 0 Å². The number of rotatable bonds is 10. The van der Waals surface area contributed by atoms with Crippen LogP contribution in [0.3, 0.4) is 0 Å². The van der Waals surface area contributed by atoms with Crippen LogP contribution in [0, 0.1) is 0 Å². The van der Waals surface area contributed by atoms with Crippen molar-refractivity contribution < 1.29 is 19.1 Å². The van der Waals surface area contributed by atoms with Crippen LogP contribution in [0.5, 0.6) is 0 Å². The third-order valence-electron chi connectivity index (χ3n) is 4.90. The second kappa shape index (κ2) is 12.3. The molecular formula is C24H39N3O4. The molecule has 2 N–H and O–H groups in total. The molecule has 0 saturated carbocycles. The number of ether oxygens (including phenoxy) is 1. The lowest BCUT2D eigenvalue weighted by atomic mass is 10.00. The number of hydrogen-bond acceptors (Lipinski definition) is 4. The summed E-state index contributed by atoms with van der Waals surface area (Å²) in [6.45, 7) is 13.4. The maximum absolute atomic E-state index is 13.5. The summed E-state index contributed by atoms with van der Waals surface area (Å²) in [5.74, 6) is -0.558. The molecule has 0 aliphatic rings. The van der Waals surface area contributed by atoms with Crippen LogP contribution in [0.1, 0.15) is 79.3 Å². The Hall–Kier alpha value is -2.57. The van der Waals surface area contributed by atoms with E-state index in [0.717, 1.165) is 18.4 Å². The van der Waals surface area contributed by atoms with Crippen molar-refractivity contribution in [2.24, 2.45) is 0 Å². The highest BCUT2D eigenvalue weighted by Crippen LogP contribution is 2.26. The van der Waals surface area contributed by atoms with Crippen molar-refractivity contribution >= 4 is 17.9 Å². The Kier molecular flexibility index (Phi) is 10.5. The fourth-order valence-electron chi connectivity index (χ4n) is 3.12. The molecule has 0 spiro atoms. The van der Waals surface area contributed by atoms with Gasteiger partial charge in [-0.2, -0.15) is 0 Å². The molecule has 0 radical (unpaired) electrons. The van der Waals surface area contributed by atoms with Crippen molar-refractivity contribution in [2.75, 3.05) is 6.54 Å². The Labute approximate surface area is 186 Å². The number of hydrogen-bond donors (Lipinski definition) is 2. The zero-order valence-corrected chi connectivity index (χ0v) is 20.0. The van der Waals surface area contributed by atoms with Crippen molar-refractivity contribution in [1.29, 1.82) is 0 Å². The smallest absolute Gasteiger partial charge is 0.408 e. The van der Waals surface area contributed by atoms with Crippen molar-refractivity contribution in [3.63, 3.8) is 0 Å². The molecule has 174 valence electrons. The average Bonchev–Trinajstić information content (AvgIpc) is 2.70. The summed E-state index contributed by atoms with van der Waals surface area (Å²) in [4.78, 5) is 40.5. The molecule has 1 aromatic carbocycles. The minimum Gasteiger partial charge on any atom is -0.444 e. The number of amides is 3. The maximum atomic E-state index is 13.5. The predicted molar refractivity (Wildman–Crippen MR) is 123 cm³/mol. The van der Waals surface area contributed by atoms with Gasteiger partial charge in [-0.25, -0.2) is 4.79 Å². The molecule has 0 aromatic heterocycles. The number of nitrogens with one attached hydrogen (secondary N) is 2. The number of benzene rings is 1. The molecule has 0 aliphatic heterocycles. The van der Waals surface area contributed by atoms with Gasteiger partial charge >= 0.3 is 6.09 Å². The van der Waals surface area contributed by atoms with Crippen LogP contribution in [0.25, 0.3) is 0 Å². The molecule has 1 rings (SSSR count). The van der Waals surface area contributed by atoms with Gasteiger partial charge in [0.1, 0.15) is 17.7 Å². The molecule has 0 fully saturated rings. The van der Waals surface area contributed by atoms with Crippen molar-refractivity contribution in [2.45, 2.75) is 91.5 Å². The Bertz CT molecular complexity index is 715. The number of nitrogens with zero attached hydrogens (tertiary/aromatic N) is 1. The monoisotopic (exact) mass is 433 g/mol. The normalized spacial score (nSPS) is 14.2. The molecule has 7 heteroatoms. The number of carbonyl (C=O) groups is 3. The topological polar surface area (TPSA) is 87.7 Å². The van der Waals surface area contributed by atoms with Gasteiger partial charge in [-0.05, 0) is 53.0 Å². The first-order valence-electron chi connectivity index (χ1n) is 11.2. The van der Waals surface area contributed by atoms with Crippen LogP contribution >= 0.6 is 0 Å². The Morgan fingerprint density at radius 1 is 1.06 bits per heavy atom. The van der Waals surface area contributed by atoms with Gasteiger partial charge < -0.3 is 20.3 Å². The lowest BCUT2D eigenvalue weighted by Gasteiger charge is -2.37. The van der Waals surface area contributed by atoms with Gasteiger partial charge in [-0.15, -0.1) is 0 Å². The fraction of sp³-hybridized carbons (Fsp3) is 0.625. The largest absolute Gasteiger partial charge is 0.444 e. The lowest BCUT2D eigenvalue weighted by Crippen LogP contribution is -2.54. The summed E-state index contributed by atoms with van der Waals surface area (Å²) in [7, 11) is 0. The Morgan fingerprint density at radius 2 is 1.68 bits per heavy atom. The lowest BCUT2D eigenvalue weighted by molar-refractivity contribution is -0.144. The molecule has 0 bridgehead atoms. The quantitative estimate of drug-likeness (QED) is 0.542. The standard InChI is InChI=1S/C24H39N3O4/c1-8-10-16-25-21(28)20(19-14-12-11-13-15-19)27(17(3)9-2)22(29)18(4)26-23(30)31-24(5,6)7/h11-15,17-18,20H,8-10,16H2,1-7H3,(H,25,28)(H,26,30). The van der Waals surface area contributed by atoms with Crippen LogP contribution in [0.15, 0.2) is 30.3 Å². The number of alkyl carbamates (subject to hydrolysis) is 1. The second-order valence-electron chi connectivity index (χ2n) is 8.83. The first-order chi connectivity index (χ1) is 14.5. The van der Waals surface area contributed by atoms with Crippen LogP contribution < -0.4 is 10.6 Å². The van der Waals surface area contributed by atoms with E-state index in [9.17, 15) is 14.4 Å². The third kappa shape index (κ3) is 8.59. The van der Waals surface area contributed by atoms with Gasteiger partial charge in [0.25, 0.3) is 0 Å². The van der Waals surface area contributed by atoms with Gasteiger partial charge in [0.2, 0.25) is 11.8 Å². The highest BCUT2D eigenvalue weighted by molar-refractivity contribution is 5.92. The van der Waals surface area contributed by atoms with E-state index in [0.29, 0.717) is 13.0 Å². The highest BCUT2D eigenvalue weighted by Gasteiger charge is 2.36. The van der Waals surface area contributed by atoms with Crippen molar-refractivity contribution in [3.8, 4) is 0 Å². The van der Waals surface area contributed by atoms with Gasteiger partial charge in [0.15, 0.2) is 0 Å². The van der Waals surface area contributed by atoms with E-state index in [2.05, 4.69) is 17.6 Å². The molecule has 1 aromatic rings. The highest BCUT2D eigenvalue weighted by atomic mass is 16.6. The first-order valence-corrected chi connectivity index (χ1v) is 11.2. The zero-order chi connectivity index (χ0) is 23.6. The van der Waals surface area contributed by atoms with Crippen molar-refractivity contribution in [1.82, 2.24) is 15.5 Å². The van der Waals surface area contributed by atoms with Crippen LogP contribution in [-0.2, 0) is 14.3 Å². The summed E-state index contributed by atoms with van der Waals surface area (Å²) in [5, 5.41) is 5.57. The predicted octanol–water partition coefficient (Wildman–Crippen LogP) is 4.18. The van der Waals surface area contributed by atoms with Gasteiger partial charge in [0.05, 0.1) is 0 Å². The van der Waals surface area contributed by atoms with E-state index >= 15 is 0 Å². The van der Waals surface area contributed by atoms with Gasteiger partial charge in [-0.3, -0.25) is 9.59 Å². The Balaban J connectivity index is 3.21. The SMILES string of the molecule is CCCCNC(=O)C(c1ccccc1)N(C(=O)C(C)NC(=O)OC(C)(C)C)C(C)CC. The summed E-state index contributed by atoms with van der Waals surface area (Å²) in [6, 6.07) is 7.42. The maximum Gasteiger partial charge on any atom is 0.408 e. The molecule has 3 atom stereocenters. The Morgan fingerprint density at radius 3 is 2.19 bits per heavy atom. The molecule has 0 aliphatic carbocycles. The minimum absolute atomic E-state index is 0.211. The summed E-state index contributed by atoms with van der Waals surface area (Å²) < 4.78 is 5.28. The summed E-state index contributed by atoms with van der Waals surface area (Å²) in [6.07, 6.45) is 1.82. The number of carbonyl (C=O) groups excluding carboxylic acids is 3. The van der Waals surface area contributed by atoms with E-state index < -0.39 is 23.8 Å². The summed E-state index contributed by atoms with van der Waals surface area (Å²) in [5.41, 5.74) is 0.0595. The second-order valence-corrected chi connectivity index (χ2v) is 8.83. The van der Waals surface area contributed by atoms with Crippen LogP contribution in [-0.4, -0.2) is 47.0 Å². The van der Waals surface area contributed by atoms with Gasteiger partial charge in [0, 0.05) is 12.6 Å². The molecule has 3 unspecified atom stereocenters. The first kappa shape index (κ1) is 26.5. The molecule has 0 heterocycles. The fourth-order valence-corrected chi connectivity index (χ4v) is 3.12. The molecule has 3 amide bonds. The van der Waals surface area contributed by atoms with E-state index in [4.69, 9.17) is 4.74 Å². The van der Waals surface area contributed by atoms with Crippen LogP contribution in [0.4, 0.5) is 4.79 Å². The molecular weight excluding hydrogens is 394 g/mol. The summed E-state index contributed by atoms with van der Waals surface area (Å²) >= 11 is 0. The van der Waals surface area contributed by atoms with E-state index in [-0.39, 0.29) is 17.9 Å². The third-order valence-corrected chi connectivity index (χ3v) is 4.90. The molecule has 31 heavy (non-hydrogen) atoms. The molecule has 7 nitrogen and oxygen atoms in total. The zero-order valence-electron chi connectivity index (χ0n) is 20.0. The van der Waals surface area contributed by atoms with E-state index in [1.807, 2.05) is 44.2 Å². The van der Waals surface area contributed by atoms with Gasteiger partial charge in [-0.1, -0.05) is 50.6 Å².